The zero-order valence-electron chi connectivity index (χ0n) is 7.64. The number of amides is 1. The van der Waals surface area contributed by atoms with Crippen molar-refractivity contribution in [2.75, 3.05) is 13.2 Å². The molecule has 1 amide bonds. The normalized spacial score (nSPS) is 20.7. The van der Waals surface area contributed by atoms with Crippen LogP contribution in [-0.4, -0.2) is 35.4 Å². The highest BCUT2D eigenvalue weighted by Gasteiger charge is 2.18. The number of nitrogens with one attached hydrogen (secondary N) is 1. The summed E-state index contributed by atoms with van der Waals surface area (Å²) in [5.41, 5.74) is 0.347. The lowest BCUT2D eigenvalue weighted by molar-refractivity contribution is 0.0924. The van der Waals surface area contributed by atoms with E-state index in [1.807, 2.05) is 0 Å². The van der Waals surface area contributed by atoms with E-state index in [1.165, 1.54) is 6.20 Å². The monoisotopic (exact) mass is 193 g/mol. The van der Waals surface area contributed by atoms with Gasteiger partial charge in [-0.2, -0.15) is 5.10 Å². The van der Waals surface area contributed by atoms with Crippen molar-refractivity contribution in [1.82, 2.24) is 15.5 Å². The minimum atomic E-state index is -0.186. The van der Waals surface area contributed by atoms with Crippen molar-refractivity contribution in [3.05, 3.63) is 24.0 Å². The van der Waals surface area contributed by atoms with Crippen molar-refractivity contribution < 1.29 is 9.53 Å². The molecule has 0 radical (unpaired) electrons. The third-order valence-corrected chi connectivity index (χ3v) is 2.07. The van der Waals surface area contributed by atoms with E-state index in [0.29, 0.717) is 18.9 Å². The number of nitrogens with zero attached hydrogens (tertiary/aromatic N) is 2. The molecule has 1 aliphatic rings. The van der Waals surface area contributed by atoms with Crippen LogP contribution in [0.1, 0.15) is 16.9 Å². The molecule has 1 unspecified atom stereocenters. The summed E-state index contributed by atoms with van der Waals surface area (Å²) in [6, 6.07) is 3.44. The first-order chi connectivity index (χ1) is 6.86. The molecule has 74 valence electrons. The van der Waals surface area contributed by atoms with Gasteiger partial charge in [0.05, 0.1) is 12.6 Å². The molecule has 5 nitrogen and oxygen atoms in total. The van der Waals surface area contributed by atoms with E-state index in [4.69, 9.17) is 4.74 Å². The molecule has 0 aromatic carbocycles. The van der Waals surface area contributed by atoms with Gasteiger partial charge < -0.3 is 10.1 Å². The first-order valence-electron chi connectivity index (χ1n) is 4.52. The largest absolute Gasteiger partial charge is 0.379 e. The first kappa shape index (κ1) is 9.08. The molecule has 1 aliphatic heterocycles. The van der Waals surface area contributed by atoms with E-state index >= 15 is 0 Å². The molecule has 1 aromatic heterocycles. The SMILES string of the molecule is O=C(NC1CCOC1)c1cccnn1. The maximum Gasteiger partial charge on any atom is 0.272 e. The summed E-state index contributed by atoms with van der Waals surface area (Å²) in [7, 11) is 0. The molecule has 0 spiro atoms. The van der Waals surface area contributed by atoms with Gasteiger partial charge in [-0.15, -0.1) is 5.10 Å². The van der Waals surface area contributed by atoms with E-state index in [-0.39, 0.29) is 11.9 Å². The highest BCUT2D eigenvalue weighted by atomic mass is 16.5. The topological polar surface area (TPSA) is 64.1 Å². The smallest absolute Gasteiger partial charge is 0.272 e. The fraction of sp³-hybridized carbons (Fsp3) is 0.444. The molecule has 1 N–H and O–H groups in total. The second kappa shape index (κ2) is 4.15. The standard InChI is InChI=1S/C9H11N3O2/c13-9(8-2-1-4-10-12-8)11-7-3-5-14-6-7/h1-2,4,7H,3,5-6H2,(H,11,13). The third-order valence-electron chi connectivity index (χ3n) is 2.07. The second-order valence-corrected chi connectivity index (χ2v) is 3.14. The van der Waals surface area contributed by atoms with Gasteiger partial charge in [0.25, 0.3) is 5.91 Å². The minimum Gasteiger partial charge on any atom is -0.379 e. The number of carbonyl (C=O) groups is 1. The van der Waals surface area contributed by atoms with Crippen LogP contribution in [0.5, 0.6) is 0 Å². The average Bonchev–Trinajstić information content (AvgIpc) is 2.72. The van der Waals surface area contributed by atoms with Crippen LogP contribution in [0.15, 0.2) is 18.3 Å². The molecule has 1 saturated heterocycles. The van der Waals surface area contributed by atoms with Crippen molar-refractivity contribution in [3.63, 3.8) is 0 Å². The van der Waals surface area contributed by atoms with Gasteiger partial charge in [-0.1, -0.05) is 0 Å². The average molecular weight is 193 g/mol. The number of aromatic nitrogens is 2. The molecule has 1 atom stereocenters. The van der Waals surface area contributed by atoms with Crippen LogP contribution in [0.25, 0.3) is 0 Å². The van der Waals surface area contributed by atoms with Gasteiger partial charge in [0, 0.05) is 12.8 Å². The maximum atomic E-state index is 11.5. The molecule has 0 saturated carbocycles. The van der Waals surface area contributed by atoms with E-state index in [1.54, 1.807) is 12.1 Å². The molecule has 2 rings (SSSR count). The van der Waals surface area contributed by atoms with Crippen molar-refractivity contribution in [2.45, 2.75) is 12.5 Å². The second-order valence-electron chi connectivity index (χ2n) is 3.14. The number of carbonyl (C=O) groups excluding carboxylic acids is 1. The van der Waals surface area contributed by atoms with Crippen LogP contribution in [0, 0.1) is 0 Å². The molecule has 2 heterocycles. The molecule has 1 fully saturated rings. The Hall–Kier alpha value is -1.49. The predicted octanol–water partition coefficient (Wildman–Crippen LogP) is -0.00470. The maximum absolute atomic E-state index is 11.5. The Morgan fingerprint density at radius 2 is 2.57 bits per heavy atom. The fourth-order valence-corrected chi connectivity index (χ4v) is 1.33. The summed E-state index contributed by atoms with van der Waals surface area (Å²) >= 11 is 0. The fourth-order valence-electron chi connectivity index (χ4n) is 1.33. The van der Waals surface area contributed by atoms with Crippen LogP contribution < -0.4 is 5.32 Å². The summed E-state index contributed by atoms with van der Waals surface area (Å²) in [5, 5.41) is 10.2. The zero-order valence-corrected chi connectivity index (χ0v) is 7.64. The minimum absolute atomic E-state index is 0.115. The van der Waals surface area contributed by atoms with Gasteiger partial charge in [-0.05, 0) is 18.6 Å². The molecule has 14 heavy (non-hydrogen) atoms. The third kappa shape index (κ3) is 2.05. The lowest BCUT2D eigenvalue weighted by atomic mass is 10.2. The number of ether oxygens (including phenoxy) is 1. The van der Waals surface area contributed by atoms with Gasteiger partial charge in [0.2, 0.25) is 0 Å². The highest BCUT2D eigenvalue weighted by Crippen LogP contribution is 2.04. The Kier molecular flexibility index (Phi) is 2.69. The Morgan fingerprint density at radius 1 is 1.64 bits per heavy atom. The van der Waals surface area contributed by atoms with E-state index in [2.05, 4.69) is 15.5 Å². The molecular weight excluding hydrogens is 182 g/mol. The van der Waals surface area contributed by atoms with Gasteiger partial charge in [-0.3, -0.25) is 4.79 Å². The van der Waals surface area contributed by atoms with E-state index < -0.39 is 0 Å². The Morgan fingerprint density at radius 3 is 3.21 bits per heavy atom. The quantitative estimate of drug-likeness (QED) is 0.717. The van der Waals surface area contributed by atoms with Gasteiger partial charge in [-0.25, -0.2) is 0 Å². The lowest BCUT2D eigenvalue weighted by Gasteiger charge is -2.08. The molecule has 5 heteroatoms. The van der Waals surface area contributed by atoms with E-state index in [0.717, 1.165) is 6.42 Å². The molecule has 1 aromatic rings. The summed E-state index contributed by atoms with van der Waals surface area (Å²) in [6.45, 7) is 1.30. The van der Waals surface area contributed by atoms with Crippen LogP contribution in [0.2, 0.25) is 0 Å². The van der Waals surface area contributed by atoms with Crippen molar-refractivity contribution >= 4 is 5.91 Å². The highest BCUT2D eigenvalue weighted by molar-refractivity contribution is 5.92. The lowest BCUT2D eigenvalue weighted by Crippen LogP contribution is -2.35. The molecule has 0 aliphatic carbocycles. The first-order valence-corrected chi connectivity index (χ1v) is 4.52. The zero-order chi connectivity index (χ0) is 9.80. The van der Waals surface area contributed by atoms with Gasteiger partial charge >= 0.3 is 0 Å². The molecular formula is C9H11N3O2. The Bertz CT molecular complexity index is 309. The van der Waals surface area contributed by atoms with Crippen molar-refractivity contribution in [3.8, 4) is 0 Å². The van der Waals surface area contributed by atoms with Crippen LogP contribution in [0.3, 0.4) is 0 Å². The van der Waals surface area contributed by atoms with Crippen LogP contribution >= 0.6 is 0 Å². The number of rotatable bonds is 2. The summed E-state index contributed by atoms with van der Waals surface area (Å²) in [5.74, 6) is -0.186. The molecule has 0 bridgehead atoms. The number of hydrogen-bond donors (Lipinski definition) is 1. The predicted molar refractivity (Wildman–Crippen MR) is 48.7 cm³/mol. The Labute approximate surface area is 81.5 Å². The Balaban J connectivity index is 1.95. The van der Waals surface area contributed by atoms with Crippen molar-refractivity contribution in [1.29, 1.82) is 0 Å². The summed E-state index contributed by atoms with van der Waals surface area (Å²) in [6.07, 6.45) is 2.40. The van der Waals surface area contributed by atoms with Gasteiger partial charge in [0.1, 0.15) is 0 Å². The van der Waals surface area contributed by atoms with Crippen LogP contribution in [0.4, 0.5) is 0 Å². The van der Waals surface area contributed by atoms with Crippen LogP contribution in [-0.2, 0) is 4.74 Å². The van der Waals surface area contributed by atoms with Gasteiger partial charge in [0.15, 0.2) is 5.69 Å². The number of hydrogen-bond acceptors (Lipinski definition) is 4. The summed E-state index contributed by atoms with van der Waals surface area (Å²) < 4.78 is 5.14. The van der Waals surface area contributed by atoms with E-state index in [9.17, 15) is 4.79 Å². The van der Waals surface area contributed by atoms with Crippen molar-refractivity contribution in [2.24, 2.45) is 0 Å². The summed E-state index contributed by atoms with van der Waals surface area (Å²) in [4.78, 5) is 11.5.